The van der Waals surface area contributed by atoms with E-state index in [-0.39, 0.29) is 11.6 Å². The van der Waals surface area contributed by atoms with Crippen LogP contribution in [0.2, 0.25) is 0 Å². The second-order valence-corrected chi connectivity index (χ2v) is 5.91. The Morgan fingerprint density at radius 2 is 1.96 bits per heavy atom. The first-order valence-electron chi connectivity index (χ1n) is 7.84. The van der Waals surface area contributed by atoms with Crippen molar-refractivity contribution in [3.05, 3.63) is 23.8 Å². The fourth-order valence-electron chi connectivity index (χ4n) is 3.04. The summed E-state index contributed by atoms with van der Waals surface area (Å²) in [6, 6.07) is 3.52. The molecule has 0 saturated carbocycles. The Labute approximate surface area is 132 Å². The molecule has 0 bridgehead atoms. The second-order valence-electron chi connectivity index (χ2n) is 5.91. The second kappa shape index (κ2) is 6.39. The predicted octanol–water partition coefficient (Wildman–Crippen LogP) is 3.42. The van der Waals surface area contributed by atoms with E-state index in [1.807, 2.05) is 4.90 Å². The molecule has 0 radical (unpaired) electrons. The van der Waals surface area contributed by atoms with Crippen molar-refractivity contribution in [1.82, 2.24) is 0 Å². The maximum atomic E-state index is 13.0. The van der Waals surface area contributed by atoms with Gasteiger partial charge >= 0.3 is 6.18 Å². The fourth-order valence-corrected chi connectivity index (χ4v) is 3.04. The smallest absolute Gasteiger partial charge is 0.370 e. The van der Waals surface area contributed by atoms with Gasteiger partial charge in [-0.25, -0.2) is 0 Å². The van der Waals surface area contributed by atoms with E-state index in [0.717, 1.165) is 44.5 Å². The molecule has 7 heteroatoms. The molecular weight excluding hydrogens is 309 g/mol. The summed E-state index contributed by atoms with van der Waals surface area (Å²) in [5, 5.41) is 2.64. The third kappa shape index (κ3) is 3.60. The molecule has 0 unspecified atom stereocenters. The summed E-state index contributed by atoms with van der Waals surface area (Å²) in [4.78, 5) is 14.2. The van der Waals surface area contributed by atoms with E-state index in [1.165, 1.54) is 6.07 Å². The Hall–Kier alpha value is -1.76. The van der Waals surface area contributed by atoms with Crippen molar-refractivity contribution < 1.29 is 22.7 Å². The first kappa shape index (κ1) is 16.1. The molecule has 2 heterocycles. The molecule has 4 nitrogen and oxygen atoms in total. The largest absolute Gasteiger partial charge is 0.416 e. The molecule has 2 aliphatic heterocycles. The number of ether oxygens (including phenoxy) is 1. The van der Waals surface area contributed by atoms with Crippen molar-refractivity contribution in [2.75, 3.05) is 29.9 Å². The number of hydrogen-bond donors (Lipinski definition) is 1. The molecule has 3 rings (SSSR count). The van der Waals surface area contributed by atoms with Gasteiger partial charge in [-0.1, -0.05) is 0 Å². The average molecular weight is 328 g/mol. The number of nitrogens with one attached hydrogen (secondary N) is 1. The third-order valence-corrected chi connectivity index (χ3v) is 4.25. The molecular formula is C16H19F3N2O2. The van der Waals surface area contributed by atoms with Crippen LogP contribution in [-0.4, -0.2) is 31.7 Å². The molecule has 2 fully saturated rings. The molecule has 0 spiro atoms. The van der Waals surface area contributed by atoms with Gasteiger partial charge in [0.2, 0.25) is 0 Å². The molecule has 126 valence electrons. The summed E-state index contributed by atoms with van der Waals surface area (Å²) >= 11 is 0. The summed E-state index contributed by atoms with van der Waals surface area (Å²) in [7, 11) is 0. The highest BCUT2D eigenvalue weighted by Crippen LogP contribution is 2.36. The number of alkyl halides is 3. The number of carbonyl (C=O) groups is 1. The minimum absolute atomic E-state index is 0.210. The number of hydrogen-bond acceptors (Lipinski definition) is 3. The lowest BCUT2D eigenvalue weighted by molar-refractivity contribution is -0.137. The number of anilines is 2. The van der Waals surface area contributed by atoms with Crippen LogP contribution >= 0.6 is 0 Å². The van der Waals surface area contributed by atoms with Gasteiger partial charge in [-0.05, 0) is 43.9 Å². The van der Waals surface area contributed by atoms with Crippen LogP contribution in [0, 0.1) is 0 Å². The molecule has 0 aliphatic carbocycles. The highest BCUT2D eigenvalue weighted by atomic mass is 19.4. The number of amides is 1. The zero-order valence-corrected chi connectivity index (χ0v) is 12.7. The zero-order valence-electron chi connectivity index (χ0n) is 12.7. The summed E-state index contributed by atoms with van der Waals surface area (Å²) < 4.78 is 44.2. The monoisotopic (exact) mass is 328 g/mol. The molecule has 2 aliphatic rings. The Kier molecular flexibility index (Phi) is 4.48. The van der Waals surface area contributed by atoms with Gasteiger partial charge in [-0.2, -0.15) is 13.2 Å². The Balaban J connectivity index is 1.88. The molecule has 2 saturated heterocycles. The van der Waals surface area contributed by atoms with Crippen molar-refractivity contribution in [2.45, 2.75) is 38.0 Å². The fraction of sp³-hybridized carbons (Fsp3) is 0.562. The Morgan fingerprint density at radius 1 is 1.22 bits per heavy atom. The first-order chi connectivity index (χ1) is 10.9. The van der Waals surface area contributed by atoms with Crippen LogP contribution in [0.4, 0.5) is 24.5 Å². The van der Waals surface area contributed by atoms with Gasteiger partial charge in [0.25, 0.3) is 5.91 Å². The first-order valence-corrected chi connectivity index (χ1v) is 7.84. The summed E-state index contributed by atoms with van der Waals surface area (Å²) in [6.07, 6.45) is -1.62. The molecule has 1 aromatic rings. The number of benzene rings is 1. The van der Waals surface area contributed by atoms with Crippen molar-refractivity contribution >= 4 is 17.3 Å². The van der Waals surface area contributed by atoms with Crippen molar-refractivity contribution in [3.8, 4) is 0 Å². The van der Waals surface area contributed by atoms with Crippen LogP contribution < -0.4 is 10.2 Å². The van der Waals surface area contributed by atoms with E-state index in [4.69, 9.17) is 4.74 Å². The van der Waals surface area contributed by atoms with Gasteiger partial charge in [0.15, 0.2) is 0 Å². The van der Waals surface area contributed by atoms with E-state index in [9.17, 15) is 18.0 Å². The molecule has 1 atom stereocenters. The molecule has 1 aromatic carbocycles. The van der Waals surface area contributed by atoms with Gasteiger partial charge in [-0.3, -0.25) is 4.79 Å². The van der Waals surface area contributed by atoms with Crippen molar-refractivity contribution in [2.24, 2.45) is 0 Å². The van der Waals surface area contributed by atoms with Crippen LogP contribution in [0.3, 0.4) is 0 Å². The van der Waals surface area contributed by atoms with Gasteiger partial charge in [0.05, 0.1) is 16.9 Å². The van der Waals surface area contributed by atoms with Gasteiger partial charge in [-0.15, -0.1) is 0 Å². The van der Waals surface area contributed by atoms with Crippen LogP contribution in [0.1, 0.15) is 31.2 Å². The standard InChI is InChI=1S/C16H19F3N2O2/c17-16(18,19)11-5-6-13(21-7-1-2-8-21)12(10-11)20-15(22)14-4-3-9-23-14/h5-6,10,14H,1-4,7-9H2,(H,20,22)/t14-/m0/s1. The van der Waals surface area contributed by atoms with Gasteiger partial charge in [0.1, 0.15) is 6.10 Å². The van der Waals surface area contributed by atoms with Crippen LogP contribution in [0.5, 0.6) is 0 Å². The molecule has 0 aromatic heterocycles. The number of nitrogens with zero attached hydrogens (tertiary/aromatic N) is 1. The highest BCUT2D eigenvalue weighted by Gasteiger charge is 2.32. The van der Waals surface area contributed by atoms with Crippen LogP contribution in [0.25, 0.3) is 0 Å². The van der Waals surface area contributed by atoms with Gasteiger partial charge < -0.3 is 15.0 Å². The van der Waals surface area contributed by atoms with E-state index in [1.54, 1.807) is 0 Å². The Bertz CT molecular complexity index is 577. The highest BCUT2D eigenvalue weighted by molar-refractivity contribution is 5.97. The topological polar surface area (TPSA) is 41.6 Å². The van der Waals surface area contributed by atoms with Gasteiger partial charge in [0, 0.05) is 19.7 Å². The van der Waals surface area contributed by atoms with Crippen LogP contribution in [0.15, 0.2) is 18.2 Å². The normalized spacial score (nSPS) is 21.7. The maximum absolute atomic E-state index is 13.0. The third-order valence-electron chi connectivity index (χ3n) is 4.25. The van der Waals surface area contributed by atoms with E-state index >= 15 is 0 Å². The summed E-state index contributed by atoms with van der Waals surface area (Å²) in [5.74, 6) is -0.373. The predicted molar refractivity (Wildman–Crippen MR) is 80.5 cm³/mol. The average Bonchev–Trinajstić information content (AvgIpc) is 3.20. The van der Waals surface area contributed by atoms with E-state index < -0.39 is 17.8 Å². The van der Waals surface area contributed by atoms with Crippen molar-refractivity contribution in [1.29, 1.82) is 0 Å². The number of carbonyl (C=O) groups excluding carboxylic acids is 1. The maximum Gasteiger partial charge on any atom is 0.416 e. The number of halogens is 3. The minimum atomic E-state index is -4.44. The van der Waals surface area contributed by atoms with E-state index in [2.05, 4.69) is 5.32 Å². The molecule has 1 amide bonds. The summed E-state index contributed by atoms with van der Waals surface area (Å²) in [5.41, 5.74) is 0.0900. The lowest BCUT2D eigenvalue weighted by Gasteiger charge is -2.23. The van der Waals surface area contributed by atoms with Crippen LogP contribution in [-0.2, 0) is 15.7 Å². The van der Waals surface area contributed by atoms with E-state index in [0.29, 0.717) is 18.7 Å². The Morgan fingerprint density at radius 3 is 2.57 bits per heavy atom. The summed E-state index contributed by atoms with van der Waals surface area (Å²) in [6.45, 7) is 2.09. The molecule has 1 N–H and O–H groups in total. The number of rotatable bonds is 3. The SMILES string of the molecule is O=C(Nc1cc(C(F)(F)F)ccc1N1CCCC1)[C@@H]1CCCO1. The quantitative estimate of drug-likeness (QED) is 0.924. The minimum Gasteiger partial charge on any atom is -0.370 e. The lowest BCUT2D eigenvalue weighted by atomic mass is 10.1. The lowest BCUT2D eigenvalue weighted by Crippen LogP contribution is -2.28. The van der Waals surface area contributed by atoms with Crippen molar-refractivity contribution in [3.63, 3.8) is 0 Å². The molecule has 23 heavy (non-hydrogen) atoms. The zero-order chi connectivity index (χ0) is 16.4.